The first-order chi connectivity index (χ1) is 10.2. The lowest BCUT2D eigenvalue weighted by Gasteiger charge is -2.20. The molecule has 0 aliphatic heterocycles. The number of amides is 2. The molecule has 2 N–H and O–H groups in total. The first-order valence-corrected chi connectivity index (χ1v) is 8.27. The molecule has 2 amide bonds. The molecule has 0 unspecified atom stereocenters. The van der Waals surface area contributed by atoms with Gasteiger partial charge in [0.1, 0.15) is 0 Å². The Bertz CT molecular complexity index is 639. The highest BCUT2D eigenvalue weighted by molar-refractivity contribution is 7.14. The molecule has 4 nitrogen and oxygen atoms in total. The molecule has 0 atom stereocenters. The summed E-state index contributed by atoms with van der Waals surface area (Å²) in [4.78, 5) is 16.3. The molecule has 0 saturated heterocycles. The quantitative estimate of drug-likeness (QED) is 0.850. The maximum absolute atomic E-state index is 11.8. The van der Waals surface area contributed by atoms with Crippen molar-refractivity contribution in [2.45, 2.75) is 46.1 Å². The van der Waals surface area contributed by atoms with E-state index in [1.54, 1.807) is 0 Å². The van der Waals surface area contributed by atoms with Crippen molar-refractivity contribution < 1.29 is 4.79 Å². The fourth-order valence-corrected chi connectivity index (χ4v) is 2.69. The number of thiazole rings is 1. The number of hydrogen-bond donors (Lipinski definition) is 2. The summed E-state index contributed by atoms with van der Waals surface area (Å²) < 4.78 is 0. The highest BCUT2D eigenvalue weighted by Gasteiger charge is 2.15. The van der Waals surface area contributed by atoms with Crippen LogP contribution in [-0.2, 0) is 0 Å². The van der Waals surface area contributed by atoms with Crippen LogP contribution in [0.25, 0.3) is 11.3 Å². The Morgan fingerprint density at radius 3 is 2.36 bits per heavy atom. The molecule has 1 aromatic carbocycles. The normalized spacial score (nSPS) is 11.5. The summed E-state index contributed by atoms with van der Waals surface area (Å²) in [6.07, 6.45) is 0. The molecule has 1 heterocycles. The Morgan fingerprint density at radius 1 is 1.18 bits per heavy atom. The number of carbonyl (C=O) groups is 1. The van der Waals surface area contributed by atoms with Gasteiger partial charge in [0.2, 0.25) is 0 Å². The Labute approximate surface area is 136 Å². The first-order valence-electron chi connectivity index (χ1n) is 7.39. The fraction of sp³-hybridized carbons (Fsp3) is 0.412. The summed E-state index contributed by atoms with van der Waals surface area (Å²) in [5, 5.41) is 8.19. The van der Waals surface area contributed by atoms with Gasteiger partial charge >= 0.3 is 6.03 Å². The van der Waals surface area contributed by atoms with E-state index in [0.29, 0.717) is 11.0 Å². The van der Waals surface area contributed by atoms with Gasteiger partial charge in [-0.1, -0.05) is 38.1 Å². The van der Waals surface area contributed by atoms with E-state index in [-0.39, 0.29) is 11.6 Å². The summed E-state index contributed by atoms with van der Waals surface area (Å²) >= 11 is 1.43. The molecule has 0 fully saturated rings. The number of benzene rings is 1. The minimum atomic E-state index is -0.267. The predicted octanol–water partition coefficient (Wildman–Crippen LogP) is 4.85. The molecule has 2 rings (SSSR count). The van der Waals surface area contributed by atoms with Crippen LogP contribution in [0.2, 0.25) is 0 Å². The predicted molar refractivity (Wildman–Crippen MR) is 93.5 cm³/mol. The molecule has 5 heteroatoms. The van der Waals surface area contributed by atoms with Gasteiger partial charge in [0.15, 0.2) is 5.13 Å². The standard InChI is InChI=1S/C17H23N3OS/c1-11(2)12-6-8-13(9-7-12)14-10-22-16(18-14)19-15(21)20-17(3,4)5/h6-11H,1-5H3,(H2,18,19,20,21). The van der Waals surface area contributed by atoms with Crippen molar-refractivity contribution in [2.24, 2.45) is 0 Å². The van der Waals surface area contributed by atoms with E-state index < -0.39 is 0 Å². The van der Waals surface area contributed by atoms with Gasteiger partial charge in [-0.25, -0.2) is 9.78 Å². The molecule has 0 spiro atoms. The Morgan fingerprint density at radius 2 is 1.82 bits per heavy atom. The molecule has 0 radical (unpaired) electrons. The number of nitrogens with zero attached hydrogens (tertiary/aromatic N) is 1. The van der Waals surface area contributed by atoms with Crippen LogP contribution < -0.4 is 10.6 Å². The van der Waals surface area contributed by atoms with Crippen LogP contribution in [0.15, 0.2) is 29.6 Å². The highest BCUT2D eigenvalue weighted by atomic mass is 32.1. The molecule has 118 valence electrons. The van der Waals surface area contributed by atoms with Crippen LogP contribution in [0.3, 0.4) is 0 Å². The van der Waals surface area contributed by atoms with E-state index >= 15 is 0 Å². The molecule has 0 bridgehead atoms. The van der Waals surface area contributed by atoms with Gasteiger partial charge in [-0.2, -0.15) is 0 Å². The van der Waals surface area contributed by atoms with Gasteiger partial charge in [0.25, 0.3) is 0 Å². The minimum Gasteiger partial charge on any atom is -0.333 e. The molecule has 22 heavy (non-hydrogen) atoms. The molecular formula is C17H23N3OS. The van der Waals surface area contributed by atoms with Gasteiger partial charge in [0.05, 0.1) is 5.69 Å². The minimum absolute atomic E-state index is 0.233. The van der Waals surface area contributed by atoms with Crippen molar-refractivity contribution in [3.63, 3.8) is 0 Å². The van der Waals surface area contributed by atoms with E-state index in [1.807, 2.05) is 26.2 Å². The van der Waals surface area contributed by atoms with Gasteiger partial charge in [-0.15, -0.1) is 11.3 Å². The maximum Gasteiger partial charge on any atom is 0.321 e. The fourth-order valence-electron chi connectivity index (χ4n) is 1.97. The number of nitrogens with one attached hydrogen (secondary N) is 2. The summed E-state index contributed by atoms with van der Waals surface area (Å²) in [7, 11) is 0. The second kappa shape index (κ2) is 6.48. The zero-order valence-corrected chi connectivity index (χ0v) is 14.5. The Hall–Kier alpha value is -1.88. The molecular weight excluding hydrogens is 294 g/mol. The third-order valence-corrected chi connectivity index (χ3v) is 3.84. The summed E-state index contributed by atoms with van der Waals surface area (Å²) in [6.45, 7) is 10.2. The number of hydrogen-bond acceptors (Lipinski definition) is 3. The SMILES string of the molecule is CC(C)c1ccc(-c2csc(NC(=O)NC(C)(C)C)n2)cc1. The summed E-state index contributed by atoms with van der Waals surface area (Å²) in [6, 6.07) is 8.16. The molecule has 2 aromatic rings. The smallest absolute Gasteiger partial charge is 0.321 e. The average Bonchev–Trinajstić information content (AvgIpc) is 2.85. The molecule has 0 saturated carbocycles. The van der Waals surface area contributed by atoms with Gasteiger partial charge in [0, 0.05) is 16.5 Å². The molecule has 0 aliphatic carbocycles. The van der Waals surface area contributed by atoms with Crippen LogP contribution >= 0.6 is 11.3 Å². The van der Waals surface area contributed by atoms with Crippen LogP contribution in [0, 0.1) is 0 Å². The van der Waals surface area contributed by atoms with E-state index in [2.05, 4.69) is 53.7 Å². The molecule has 1 aromatic heterocycles. The van der Waals surface area contributed by atoms with Crippen molar-refractivity contribution in [1.82, 2.24) is 10.3 Å². The number of rotatable bonds is 3. The average molecular weight is 317 g/mol. The monoisotopic (exact) mass is 317 g/mol. The van der Waals surface area contributed by atoms with Gasteiger partial charge in [-0.05, 0) is 32.3 Å². The lowest BCUT2D eigenvalue weighted by atomic mass is 10.0. The first kappa shape index (κ1) is 16.5. The number of urea groups is 1. The number of carbonyl (C=O) groups excluding carboxylic acids is 1. The Balaban J connectivity index is 2.06. The highest BCUT2D eigenvalue weighted by Crippen LogP contribution is 2.26. The van der Waals surface area contributed by atoms with Crippen molar-refractivity contribution >= 4 is 22.5 Å². The van der Waals surface area contributed by atoms with Crippen LogP contribution in [0.1, 0.15) is 46.1 Å². The van der Waals surface area contributed by atoms with Crippen LogP contribution in [-0.4, -0.2) is 16.6 Å². The second-order valence-corrected chi connectivity index (χ2v) is 7.50. The van der Waals surface area contributed by atoms with Gasteiger partial charge in [-0.3, -0.25) is 5.32 Å². The maximum atomic E-state index is 11.8. The number of aromatic nitrogens is 1. The molecule has 0 aliphatic rings. The zero-order chi connectivity index (χ0) is 16.3. The van der Waals surface area contributed by atoms with E-state index in [0.717, 1.165) is 11.3 Å². The lowest BCUT2D eigenvalue weighted by Crippen LogP contribution is -2.43. The van der Waals surface area contributed by atoms with E-state index in [9.17, 15) is 4.79 Å². The summed E-state index contributed by atoms with van der Waals surface area (Å²) in [5.74, 6) is 0.516. The topological polar surface area (TPSA) is 54.0 Å². The number of anilines is 1. The largest absolute Gasteiger partial charge is 0.333 e. The van der Waals surface area contributed by atoms with Crippen LogP contribution in [0.5, 0.6) is 0 Å². The zero-order valence-electron chi connectivity index (χ0n) is 13.7. The third-order valence-electron chi connectivity index (χ3n) is 3.09. The summed E-state index contributed by atoms with van der Waals surface area (Å²) in [5.41, 5.74) is 2.98. The van der Waals surface area contributed by atoms with Crippen molar-refractivity contribution in [1.29, 1.82) is 0 Å². The van der Waals surface area contributed by atoms with Crippen molar-refractivity contribution in [3.05, 3.63) is 35.2 Å². The Kier molecular flexibility index (Phi) is 4.86. The van der Waals surface area contributed by atoms with Crippen molar-refractivity contribution in [2.75, 3.05) is 5.32 Å². The lowest BCUT2D eigenvalue weighted by molar-refractivity contribution is 0.244. The van der Waals surface area contributed by atoms with Gasteiger partial charge < -0.3 is 5.32 Å². The van der Waals surface area contributed by atoms with E-state index in [1.165, 1.54) is 16.9 Å². The van der Waals surface area contributed by atoms with Crippen molar-refractivity contribution in [3.8, 4) is 11.3 Å². The third kappa shape index (κ3) is 4.56. The second-order valence-electron chi connectivity index (χ2n) is 6.64. The van der Waals surface area contributed by atoms with Crippen LogP contribution in [0.4, 0.5) is 9.93 Å². The van der Waals surface area contributed by atoms with E-state index in [4.69, 9.17) is 0 Å².